The molecule has 3 nitrogen and oxygen atoms in total. The van der Waals surface area contributed by atoms with Crippen LogP contribution in [0.2, 0.25) is 0 Å². The van der Waals surface area contributed by atoms with Crippen molar-refractivity contribution in [3.05, 3.63) is 170 Å². The molecule has 2 aromatic heterocycles. The zero-order valence-electron chi connectivity index (χ0n) is 28.2. The van der Waals surface area contributed by atoms with Crippen LogP contribution in [0.15, 0.2) is 170 Å². The van der Waals surface area contributed by atoms with Gasteiger partial charge in [0.05, 0.1) is 22.2 Å². The van der Waals surface area contributed by atoms with Gasteiger partial charge in [0, 0.05) is 33.8 Å². The average molecular weight is 652 g/mol. The second kappa shape index (κ2) is 11.8. The molecule has 0 saturated heterocycles. The fourth-order valence-corrected chi connectivity index (χ4v) is 7.88. The molecule has 0 amide bonds. The van der Waals surface area contributed by atoms with E-state index in [1.807, 2.05) is 0 Å². The molecule has 0 N–H and O–H groups in total. The molecule has 51 heavy (non-hydrogen) atoms. The van der Waals surface area contributed by atoms with Crippen LogP contribution in [-0.2, 0) is 6.54 Å². The molecule has 3 heteroatoms. The first-order chi connectivity index (χ1) is 25.2. The smallest absolute Gasteiger partial charge is 0.141 e. The molecule has 0 aliphatic heterocycles. The Hall–Kier alpha value is -6.58. The number of aromatic nitrogens is 3. The Morgan fingerprint density at radius 1 is 0.431 bits per heavy atom. The van der Waals surface area contributed by atoms with Gasteiger partial charge in [-0.2, -0.15) is 0 Å². The van der Waals surface area contributed by atoms with Crippen LogP contribution in [0.5, 0.6) is 0 Å². The van der Waals surface area contributed by atoms with Gasteiger partial charge in [-0.15, -0.1) is 0 Å². The second-order valence-corrected chi connectivity index (χ2v) is 13.3. The maximum atomic E-state index is 5.32. The molecule has 0 fully saturated rings. The number of rotatable bonds is 5. The Kier molecular flexibility index (Phi) is 6.78. The third kappa shape index (κ3) is 4.81. The number of aryl methyl sites for hydroxylation is 1. The summed E-state index contributed by atoms with van der Waals surface area (Å²) in [6.45, 7) is 3.05. The minimum absolute atomic E-state index is 0.874. The molecule has 0 saturated carbocycles. The minimum atomic E-state index is 0.874. The number of pyridine rings is 1. The molecule has 0 bridgehead atoms. The van der Waals surface area contributed by atoms with E-state index in [0.717, 1.165) is 45.6 Å². The van der Waals surface area contributed by atoms with Gasteiger partial charge in [0.25, 0.3) is 0 Å². The van der Waals surface area contributed by atoms with Crippen molar-refractivity contribution in [1.29, 1.82) is 0 Å². The van der Waals surface area contributed by atoms with Gasteiger partial charge >= 0.3 is 0 Å². The molecule has 10 aromatic rings. The van der Waals surface area contributed by atoms with Gasteiger partial charge < -0.3 is 4.57 Å². The normalized spacial score (nSPS) is 11.7. The van der Waals surface area contributed by atoms with Gasteiger partial charge in [0.15, 0.2) is 0 Å². The molecule has 0 radical (unpaired) electrons. The van der Waals surface area contributed by atoms with Crippen molar-refractivity contribution in [1.82, 2.24) is 14.5 Å². The van der Waals surface area contributed by atoms with Gasteiger partial charge in [0.2, 0.25) is 0 Å². The largest absolute Gasteiger partial charge is 0.324 e. The van der Waals surface area contributed by atoms with Crippen molar-refractivity contribution in [2.24, 2.45) is 0 Å². The summed E-state index contributed by atoms with van der Waals surface area (Å²) >= 11 is 0. The zero-order chi connectivity index (χ0) is 33.9. The van der Waals surface area contributed by atoms with Crippen molar-refractivity contribution in [2.75, 3.05) is 0 Å². The van der Waals surface area contributed by atoms with Crippen molar-refractivity contribution < 1.29 is 0 Å². The number of nitrogens with zero attached hydrogens (tertiary/aromatic N) is 3. The first-order valence-electron chi connectivity index (χ1n) is 17.6. The average Bonchev–Trinajstić information content (AvgIpc) is 3.59. The molecule has 8 aromatic carbocycles. The van der Waals surface area contributed by atoms with Gasteiger partial charge in [-0.25, -0.2) is 9.97 Å². The lowest BCUT2D eigenvalue weighted by Crippen LogP contribution is -1.97. The van der Waals surface area contributed by atoms with Gasteiger partial charge in [-0.05, 0) is 81.1 Å². The van der Waals surface area contributed by atoms with E-state index in [-0.39, 0.29) is 0 Å². The summed E-state index contributed by atoms with van der Waals surface area (Å²) < 4.78 is 2.29. The van der Waals surface area contributed by atoms with E-state index in [2.05, 4.69) is 181 Å². The van der Waals surface area contributed by atoms with Crippen molar-refractivity contribution in [3.8, 4) is 44.9 Å². The first kappa shape index (κ1) is 29.3. The van der Waals surface area contributed by atoms with E-state index in [4.69, 9.17) is 9.97 Å². The second-order valence-electron chi connectivity index (χ2n) is 13.3. The highest BCUT2D eigenvalue weighted by Gasteiger charge is 2.17. The Morgan fingerprint density at radius 3 is 1.78 bits per heavy atom. The minimum Gasteiger partial charge on any atom is -0.324 e. The van der Waals surface area contributed by atoms with Crippen LogP contribution in [0.1, 0.15) is 6.92 Å². The maximum absolute atomic E-state index is 5.32. The monoisotopic (exact) mass is 651 g/mol. The third-order valence-corrected chi connectivity index (χ3v) is 10.4. The molecule has 0 atom stereocenters. The molecule has 240 valence electrons. The van der Waals surface area contributed by atoms with E-state index < -0.39 is 0 Å². The van der Waals surface area contributed by atoms with Crippen molar-refractivity contribution in [2.45, 2.75) is 13.5 Å². The lowest BCUT2D eigenvalue weighted by atomic mass is 9.89. The summed E-state index contributed by atoms with van der Waals surface area (Å²) in [4.78, 5) is 10.3. The van der Waals surface area contributed by atoms with Crippen LogP contribution < -0.4 is 0 Å². The van der Waals surface area contributed by atoms with Gasteiger partial charge in [-0.3, -0.25) is 0 Å². The number of hydrogen-bond donors (Lipinski definition) is 0. The van der Waals surface area contributed by atoms with Crippen LogP contribution in [-0.4, -0.2) is 14.5 Å². The van der Waals surface area contributed by atoms with Crippen LogP contribution in [0.4, 0.5) is 0 Å². The fraction of sp³-hybridized carbons (Fsp3) is 0.0417. The summed E-state index contributed by atoms with van der Waals surface area (Å²) in [6, 6.07) is 61.1. The molecular weight excluding hydrogens is 619 g/mol. The predicted octanol–water partition coefficient (Wildman–Crippen LogP) is 12.7. The highest BCUT2D eigenvalue weighted by molar-refractivity contribution is 6.25. The number of benzene rings is 8. The Morgan fingerprint density at radius 2 is 1.02 bits per heavy atom. The molecule has 0 aliphatic rings. The molecule has 0 aliphatic carbocycles. The number of fused-ring (bicyclic) bond motifs is 7. The van der Waals surface area contributed by atoms with E-state index >= 15 is 0 Å². The highest BCUT2D eigenvalue weighted by atomic mass is 15.1. The number of hydrogen-bond acceptors (Lipinski definition) is 2. The topological polar surface area (TPSA) is 30.7 Å². The predicted molar refractivity (Wildman–Crippen MR) is 215 cm³/mol. The van der Waals surface area contributed by atoms with E-state index in [1.165, 1.54) is 60.1 Å². The van der Waals surface area contributed by atoms with E-state index in [1.54, 1.807) is 0 Å². The summed E-state index contributed by atoms with van der Waals surface area (Å²) in [5, 5.41) is 8.50. The Balaban J connectivity index is 1.10. The van der Waals surface area contributed by atoms with E-state index in [0.29, 0.717) is 0 Å². The number of para-hydroxylation sites is 3. The summed E-state index contributed by atoms with van der Waals surface area (Å²) in [5.74, 6) is 1.01. The third-order valence-electron chi connectivity index (χ3n) is 10.4. The molecule has 0 spiro atoms. The molecular formula is C48H33N3. The fourth-order valence-electron chi connectivity index (χ4n) is 7.88. The summed E-state index contributed by atoms with van der Waals surface area (Å²) in [5.41, 5.74) is 11.2. The zero-order valence-corrected chi connectivity index (χ0v) is 28.2. The highest BCUT2D eigenvalue weighted by Crippen LogP contribution is 2.42. The summed E-state index contributed by atoms with van der Waals surface area (Å²) in [6.07, 6.45) is 0. The molecule has 10 rings (SSSR count). The SMILES string of the molecule is CCn1c(-c2ccc(-c3ccc(-c4cc5c(-c6ccc7ccccc7c6)nc6ccccc6c5c5ccccc45)cc3)cc2)nc2ccccc21. The first-order valence-corrected chi connectivity index (χ1v) is 17.6. The van der Waals surface area contributed by atoms with Gasteiger partial charge in [-0.1, -0.05) is 140 Å². The standard InChI is InChI=1S/C48H33N3/c1-2-51-45-18-10-9-17-44(45)50-48(51)35-26-21-33(22-27-35)32-19-24-34(25-20-32)41-30-42-46(39-14-6-5-13-38(39)41)40-15-7-8-16-43(40)49-47(42)37-28-23-31-11-3-4-12-36(31)29-37/h3-30H,2H2,1H3. The molecule has 0 unspecified atom stereocenters. The lowest BCUT2D eigenvalue weighted by molar-refractivity contribution is 0.796. The Labute approximate surface area is 296 Å². The van der Waals surface area contributed by atoms with Crippen LogP contribution in [0.3, 0.4) is 0 Å². The van der Waals surface area contributed by atoms with Crippen molar-refractivity contribution in [3.63, 3.8) is 0 Å². The molecule has 2 heterocycles. The summed E-state index contributed by atoms with van der Waals surface area (Å²) in [7, 11) is 0. The quantitative estimate of drug-likeness (QED) is 0.173. The van der Waals surface area contributed by atoms with Gasteiger partial charge in [0.1, 0.15) is 5.82 Å². The van der Waals surface area contributed by atoms with Crippen LogP contribution in [0.25, 0.3) is 99.2 Å². The lowest BCUT2D eigenvalue weighted by Gasteiger charge is -2.16. The van der Waals surface area contributed by atoms with E-state index in [9.17, 15) is 0 Å². The van der Waals surface area contributed by atoms with Crippen LogP contribution >= 0.6 is 0 Å². The Bertz CT molecular complexity index is 2930. The van der Waals surface area contributed by atoms with Crippen molar-refractivity contribution >= 4 is 54.3 Å². The maximum Gasteiger partial charge on any atom is 0.141 e. The number of imidazole rings is 1. The van der Waals surface area contributed by atoms with Crippen LogP contribution in [0, 0.1) is 0 Å².